The average molecular weight is 382 g/mol. The number of amides is 1. The van der Waals surface area contributed by atoms with Crippen molar-refractivity contribution in [1.82, 2.24) is 4.31 Å². The largest absolute Gasteiger partial charge is 0.326 e. The van der Waals surface area contributed by atoms with Crippen LogP contribution in [0.5, 0.6) is 0 Å². The normalized spacial score (nSPS) is 11.6. The molecule has 8 heteroatoms. The van der Waals surface area contributed by atoms with E-state index in [1.165, 1.54) is 31.3 Å². The van der Waals surface area contributed by atoms with Crippen LogP contribution in [0.4, 0.5) is 14.5 Å². The van der Waals surface area contributed by atoms with Gasteiger partial charge in [0.15, 0.2) is 0 Å². The van der Waals surface area contributed by atoms with E-state index in [4.69, 9.17) is 0 Å². The lowest BCUT2D eigenvalue weighted by molar-refractivity contribution is -0.116. The number of nitrogens with one attached hydrogen (secondary N) is 1. The summed E-state index contributed by atoms with van der Waals surface area (Å²) in [5.41, 5.74) is 1.12. The van der Waals surface area contributed by atoms with Gasteiger partial charge in [-0.15, -0.1) is 0 Å². The maximum absolute atomic E-state index is 13.2. The van der Waals surface area contributed by atoms with E-state index in [1.54, 1.807) is 13.0 Å². The first-order chi connectivity index (χ1) is 12.2. The summed E-state index contributed by atoms with van der Waals surface area (Å²) < 4.78 is 52.0. The van der Waals surface area contributed by atoms with Crippen LogP contribution >= 0.6 is 0 Å². The Bertz CT molecular complexity index is 884. The van der Waals surface area contributed by atoms with E-state index in [2.05, 4.69) is 5.32 Å². The molecule has 0 heterocycles. The minimum Gasteiger partial charge on any atom is -0.326 e. The molecule has 2 aromatic carbocycles. The van der Waals surface area contributed by atoms with E-state index in [1.807, 2.05) is 0 Å². The fourth-order valence-corrected chi connectivity index (χ4v) is 3.52. The predicted octanol–water partition coefficient (Wildman–Crippen LogP) is 3.31. The van der Waals surface area contributed by atoms with Crippen molar-refractivity contribution < 1.29 is 22.0 Å². The zero-order chi connectivity index (χ0) is 19.3. The van der Waals surface area contributed by atoms with Crippen LogP contribution in [0.2, 0.25) is 0 Å². The van der Waals surface area contributed by atoms with Gasteiger partial charge in [0.05, 0.1) is 4.90 Å². The highest BCUT2D eigenvalue weighted by molar-refractivity contribution is 7.89. The van der Waals surface area contributed by atoms with Crippen molar-refractivity contribution in [2.75, 3.05) is 18.9 Å². The van der Waals surface area contributed by atoms with Crippen molar-refractivity contribution in [3.8, 4) is 0 Å². The molecule has 0 aromatic heterocycles. The number of hydrogen-bond donors (Lipinski definition) is 1. The number of nitrogens with zero attached hydrogens (tertiary/aromatic N) is 1. The van der Waals surface area contributed by atoms with Crippen LogP contribution < -0.4 is 5.32 Å². The molecular formula is C18H20F2N2O3S. The highest BCUT2D eigenvalue weighted by atomic mass is 32.2. The molecule has 26 heavy (non-hydrogen) atoms. The van der Waals surface area contributed by atoms with Gasteiger partial charge in [-0.25, -0.2) is 21.5 Å². The summed E-state index contributed by atoms with van der Waals surface area (Å²) in [5, 5.41) is 2.61. The minimum absolute atomic E-state index is 0.0127. The van der Waals surface area contributed by atoms with Gasteiger partial charge in [-0.3, -0.25) is 4.79 Å². The zero-order valence-electron chi connectivity index (χ0n) is 14.5. The number of benzene rings is 2. The number of carbonyl (C=O) groups is 1. The Balaban J connectivity index is 1.89. The SMILES string of the molecule is Cc1ccc(F)cc1NC(=O)CCCN(C)S(=O)(=O)c1ccc(F)cc1. The lowest BCUT2D eigenvalue weighted by atomic mass is 10.2. The molecule has 1 amide bonds. The second-order valence-electron chi connectivity index (χ2n) is 5.89. The average Bonchev–Trinajstić information content (AvgIpc) is 2.58. The molecule has 5 nitrogen and oxygen atoms in total. The minimum atomic E-state index is -3.74. The van der Waals surface area contributed by atoms with E-state index >= 15 is 0 Å². The molecule has 0 radical (unpaired) electrons. The van der Waals surface area contributed by atoms with Crippen LogP contribution in [0, 0.1) is 18.6 Å². The number of aryl methyl sites for hydroxylation is 1. The second kappa shape index (κ2) is 8.37. The maximum atomic E-state index is 13.2. The third-order valence-electron chi connectivity index (χ3n) is 3.87. The molecule has 0 spiro atoms. The molecule has 1 N–H and O–H groups in total. The highest BCUT2D eigenvalue weighted by Gasteiger charge is 2.20. The van der Waals surface area contributed by atoms with Gasteiger partial charge in [0.2, 0.25) is 15.9 Å². The summed E-state index contributed by atoms with van der Waals surface area (Å²) in [6, 6.07) is 8.65. The molecular weight excluding hydrogens is 362 g/mol. The molecule has 0 aliphatic heterocycles. The number of rotatable bonds is 7. The lowest BCUT2D eigenvalue weighted by Crippen LogP contribution is -2.28. The Morgan fingerprint density at radius 2 is 1.69 bits per heavy atom. The Morgan fingerprint density at radius 3 is 2.35 bits per heavy atom. The van der Waals surface area contributed by atoms with Crippen molar-refractivity contribution in [1.29, 1.82) is 0 Å². The van der Waals surface area contributed by atoms with Gasteiger partial charge in [0.1, 0.15) is 11.6 Å². The van der Waals surface area contributed by atoms with Crippen molar-refractivity contribution >= 4 is 21.6 Å². The molecule has 0 saturated heterocycles. The Hall–Kier alpha value is -2.32. The predicted molar refractivity (Wildman–Crippen MR) is 95.2 cm³/mol. The highest BCUT2D eigenvalue weighted by Crippen LogP contribution is 2.17. The number of hydrogen-bond acceptors (Lipinski definition) is 3. The molecule has 2 aromatic rings. The number of carbonyl (C=O) groups excluding carboxylic acids is 1. The fourth-order valence-electron chi connectivity index (χ4n) is 2.31. The van der Waals surface area contributed by atoms with Crippen LogP contribution in [0.25, 0.3) is 0 Å². The first-order valence-electron chi connectivity index (χ1n) is 7.98. The lowest BCUT2D eigenvalue weighted by Gasteiger charge is -2.17. The monoisotopic (exact) mass is 382 g/mol. The topological polar surface area (TPSA) is 66.5 Å². The Kier molecular flexibility index (Phi) is 6.44. The smallest absolute Gasteiger partial charge is 0.242 e. The van der Waals surface area contributed by atoms with Gasteiger partial charge < -0.3 is 5.32 Å². The van der Waals surface area contributed by atoms with Gasteiger partial charge in [0, 0.05) is 25.7 Å². The van der Waals surface area contributed by atoms with Crippen molar-refractivity contribution in [3.63, 3.8) is 0 Å². The second-order valence-corrected chi connectivity index (χ2v) is 7.94. The Morgan fingerprint density at radius 1 is 1.08 bits per heavy atom. The molecule has 140 valence electrons. The quantitative estimate of drug-likeness (QED) is 0.799. The molecule has 0 saturated carbocycles. The first-order valence-corrected chi connectivity index (χ1v) is 9.42. The van der Waals surface area contributed by atoms with Crippen molar-refractivity contribution in [2.45, 2.75) is 24.7 Å². The molecule has 0 aliphatic rings. The van der Waals surface area contributed by atoms with Crippen molar-refractivity contribution in [3.05, 3.63) is 59.7 Å². The third kappa shape index (κ3) is 5.09. The number of sulfonamides is 1. The summed E-state index contributed by atoms with van der Waals surface area (Å²) in [6.07, 6.45) is 0.371. The first kappa shape index (κ1) is 20.0. The van der Waals surface area contributed by atoms with Gasteiger partial charge >= 0.3 is 0 Å². The van der Waals surface area contributed by atoms with E-state index in [-0.39, 0.29) is 30.2 Å². The molecule has 0 atom stereocenters. The molecule has 0 fully saturated rings. The van der Waals surface area contributed by atoms with Gasteiger partial charge in [0.25, 0.3) is 0 Å². The van der Waals surface area contributed by atoms with Gasteiger partial charge in [-0.1, -0.05) is 6.07 Å². The third-order valence-corrected chi connectivity index (χ3v) is 5.74. The van der Waals surface area contributed by atoms with E-state index in [9.17, 15) is 22.0 Å². The van der Waals surface area contributed by atoms with Crippen LogP contribution in [0.15, 0.2) is 47.4 Å². The van der Waals surface area contributed by atoms with Crippen molar-refractivity contribution in [2.24, 2.45) is 0 Å². The summed E-state index contributed by atoms with van der Waals surface area (Å²) >= 11 is 0. The van der Waals surface area contributed by atoms with E-state index < -0.39 is 21.7 Å². The maximum Gasteiger partial charge on any atom is 0.242 e. The summed E-state index contributed by atoms with van der Waals surface area (Å²) in [5.74, 6) is -1.29. The van der Waals surface area contributed by atoms with Crippen LogP contribution in [-0.4, -0.2) is 32.2 Å². The van der Waals surface area contributed by atoms with Gasteiger partial charge in [-0.05, 0) is 55.3 Å². The van der Waals surface area contributed by atoms with Gasteiger partial charge in [-0.2, -0.15) is 0 Å². The van der Waals surface area contributed by atoms with E-state index in [0.29, 0.717) is 5.69 Å². The Labute approximate surface area is 151 Å². The molecule has 2 rings (SSSR count). The molecule has 0 bridgehead atoms. The summed E-state index contributed by atoms with van der Waals surface area (Å²) in [7, 11) is -2.34. The molecule has 0 unspecified atom stereocenters. The van der Waals surface area contributed by atoms with E-state index in [0.717, 1.165) is 22.0 Å². The standard InChI is InChI=1S/C18H20F2N2O3S/c1-13-5-6-15(20)12-17(13)21-18(23)4-3-11-22(2)26(24,25)16-9-7-14(19)8-10-16/h5-10,12H,3-4,11H2,1-2H3,(H,21,23). The number of anilines is 1. The zero-order valence-corrected chi connectivity index (χ0v) is 15.3. The fraction of sp³-hybridized carbons (Fsp3) is 0.278. The van der Waals surface area contributed by atoms with Crippen LogP contribution in [0.3, 0.4) is 0 Å². The summed E-state index contributed by atoms with van der Waals surface area (Å²) in [4.78, 5) is 12.0. The van der Waals surface area contributed by atoms with Crippen LogP contribution in [0.1, 0.15) is 18.4 Å². The molecule has 0 aliphatic carbocycles. The summed E-state index contributed by atoms with van der Waals surface area (Å²) in [6.45, 7) is 1.87. The number of halogens is 2. The van der Waals surface area contributed by atoms with Crippen LogP contribution in [-0.2, 0) is 14.8 Å².